The molecule has 1 fully saturated rings. The van der Waals surface area contributed by atoms with Crippen LogP contribution in [-0.4, -0.2) is 29.3 Å². The number of nitrogens with zero attached hydrogens (tertiary/aromatic N) is 1. The second-order valence-electron chi connectivity index (χ2n) is 5.17. The first-order valence-electron chi connectivity index (χ1n) is 6.84. The molecule has 1 heterocycles. The number of amides is 2. The fraction of sp³-hybridized carbons (Fsp3) is 0.467. The van der Waals surface area contributed by atoms with Gasteiger partial charge in [0, 0.05) is 6.54 Å². The third kappa shape index (κ3) is 3.15. The molecular weight excluding hydrogens is 259 g/mol. The molecule has 1 unspecified atom stereocenters. The monoisotopic (exact) mass is 278 g/mol. The number of rotatable bonds is 4. The maximum Gasteiger partial charge on any atom is 0.245 e. The first-order chi connectivity index (χ1) is 9.51. The summed E-state index contributed by atoms with van der Waals surface area (Å²) in [6, 6.07) is 4.05. The van der Waals surface area contributed by atoms with Crippen LogP contribution in [-0.2, 0) is 16.1 Å². The van der Waals surface area contributed by atoms with Gasteiger partial charge in [-0.3, -0.25) is 9.59 Å². The second kappa shape index (κ2) is 6.03. The summed E-state index contributed by atoms with van der Waals surface area (Å²) in [7, 11) is 0. The van der Waals surface area contributed by atoms with Crippen molar-refractivity contribution in [2.75, 3.05) is 6.54 Å². The molecule has 0 radical (unpaired) electrons. The molecule has 1 N–H and O–H groups in total. The first kappa shape index (κ1) is 14.5. The third-order valence-corrected chi connectivity index (χ3v) is 3.52. The van der Waals surface area contributed by atoms with E-state index in [1.54, 1.807) is 17.9 Å². The molecule has 0 bridgehead atoms. The predicted molar refractivity (Wildman–Crippen MR) is 73.4 cm³/mol. The molecule has 0 aromatic heterocycles. The number of piperazine rings is 1. The second-order valence-corrected chi connectivity index (χ2v) is 5.17. The van der Waals surface area contributed by atoms with Crippen molar-refractivity contribution in [3.63, 3.8) is 0 Å². The van der Waals surface area contributed by atoms with Crippen LogP contribution >= 0.6 is 0 Å². The third-order valence-electron chi connectivity index (χ3n) is 3.52. The Balaban J connectivity index is 2.14. The van der Waals surface area contributed by atoms with E-state index in [2.05, 4.69) is 5.32 Å². The van der Waals surface area contributed by atoms with Gasteiger partial charge in [-0.25, -0.2) is 4.39 Å². The molecule has 1 aliphatic heterocycles. The highest BCUT2D eigenvalue weighted by atomic mass is 19.1. The van der Waals surface area contributed by atoms with Crippen LogP contribution in [0.15, 0.2) is 18.2 Å². The van der Waals surface area contributed by atoms with Gasteiger partial charge < -0.3 is 10.2 Å². The van der Waals surface area contributed by atoms with Gasteiger partial charge in [0.1, 0.15) is 11.9 Å². The lowest BCUT2D eigenvalue weighted by molar-refractivity contribution is -0.145. The summed E-state index contributed by atoms with van der Waals surface area (Å²) in [5.41, 5.74) is 1.65. The van der Waals surface area contributed by atoms with Gasteiger partial charge in [-0.15, -0.1) is 0 Å². The van der Waals surface area contributed by atoms with Crippen molar-refractivity contribution in [3.8, 4) is 0 Å². The molecule has 1 atom stereocenters. The lowest BCUT2D eigenvalue weighted by atomic mass is 10.0. The molecule has 4 nitrogen and oxygen atoms in total. The number of nitrogens with one attached hydrogen (secondary N) is 1. The van der Waals surface area contributed by atoms with Crippen LogP contribution in [0.3, 0.4) is 0 Å². The molecule has 1 aliphatic rings. The quantitative estimate of drug-likeness (QED) is 0.912. The van der Waals surface area contributed by atoms with Crippen LogP contribution in [0.2, 0.25) is 0 Å². The number of halogens is 1. The number of carbonyl (C=O) groups excluding carboxylic acids is 2. The summed E-state index contributed by atoms with van der Waals surface area (Å²) >= 11 is 0. The lowest BCUT2D eigenvalue weighted by Crippen LogP contribution is -2.57. The van der Waals surface area contributed by atoms with Gasteiger partial charge in [0.2, 0.25) is 11.8 Å². The van der Waals surface area contributed by atoms with Crippen LogP contribution in [0.4, 0.5) is 4.39 Å². The van der Waals surface area contributed by atoms with Crippen LogP contribution in [0.1, 0.15) is 30.9 Å². The summed E-state index contributed by atoms with van der Waals surface area (Å²) in [4.78, 5) is 25.5. The van der Waals surface area contributed by atoms with Gasteiger partial charge in [0.05, 0.1) is 6.54 Å². The van der Waals surface area contributed by atoms with Crippen molar-refractivity contribution in [2.24, 2.45) is 0 Å². The van der Waals surface area contributed by atoms with Crippen molar-refractivity contribution in [1.82, 2.24) is 10.2 Å². The van der Waals surface area contributed by atoms with Crippen molar-refractivity contribution < 1.29 is 14.0 Å². The SMILES string of the molecule is CCCC1NC(=O)CN(Cc2ccc(F)cc2C)C1=O. The summed E-state index contributed by atoms with van der Waals surface area (Å²) in [6.07, 6.45) is 1.48. The fourth-order valence-corrected chi connectivity index (χ4v) is 2.43. The molecule has 20 heavy (non-hydrogen) atoms. The van der Waals surface area contributed by atoms with E-state index in [9.17, 15) is 14.0 Å². The van der Waals surface area contributed by atoms with E-state index in [1.165, 1.54) is 12.1 Å². The fourth-order valence-electron chi connectivity index (χ4n) is 2.43. The van der Waals surface area contributed by atoms with Crippen LogP contribution in [0.25, 0.3) is 0 Å². The molecule has 1 saturated heterocycles. The predicted octanol–water partition coefficient (Wildman–Crippen LogP) is 1.76. The Hall–Kier alpha value is -1.91. The maximum absolute atomic E-state index is 13.1. The molecule has 108 valence electrons. The molecule has 0 aliphatic carbocycles. The molecule has 2 rings (SSSR count). The normalized spacial score (nSPS) is 19.1. The van der Waals surface area contributed by atoms with Gasteiger partial charge in [0.25, 0.3) is 0 Å². The van der Waals surface area contributed by atoms with E-state index in [-0.39, 0.29) is 24.2 Å². The molecule has 0 spiro atoms. The van der Waals surface area contributed by atoms with Crippen LogP contribution < -0.4 is 5.32 Å². The molecule has 0 saturated carbocycles. The minimum atomic E-state index is -0.429. The van der Waals surface area contributed by atoms with Crippen LogP contribution in [0.5, 0.6) is 0 Å². The van der Waals surface area contributed by atoms with E-state index < -0.39 is 6.04 Å². The number of hydrogen-bond donors (Lipinski definition) is 1. The standard InChI is InChI=1S/C15H19FN2O2/c1-3-4-13-15(20)18(9-14(19)17-13)8-11-5-6-12(16)7-10(11)2/h5-7,13H,3-4,8-9H2,1-2H3,(H,17,19). The van der Waals surface area contributed by atoms with Crippen molar-refractivity contribution >= 4 is 11.8 Å². The molecule has 2 amide bonds. The minimum absolute atomic E-state index is 0.0600. The zero-order valence-corrected chi connectivity index (χ0v) is 11.8. The van der Waals surface area contributed by atoms with E-state index in [0.717, 1.165) is 17.5 Å². The van der Waals surface area contributed by atoms with Gasteiger partial charge in [-0.05, 0) is 36.6 Å². The van der Waals surface area contributed by atoms with E-state index in [1.807, 2.05) is 6.92 Å². The summed E-state index contributed by atoms with van der Waals surface area (Å²) in [5.74, 6) is -0.490. The number of carbonyl (C=O) groups is 2. The van der Waals surface area contributed by atoms with Crippen LogP contribution in [0, 0.1) is 12.7 Å². The Kier molecular flexibility index (Phi) is 4.37. The van der Waals surface area contributed by atoms with E-state index >= 15 is 0 Å². The number of hydrogen-bond acceptors (Lipinski definition) is 2. The van der Waals surface area contributed by atoms with E-state index in [4.69, 9.17) is 0 Å². The van der Waals surface area contributed by atoms with E-state index in [0.29, 0.717) is 13.0 Å². The summed E-state index contributed by atoms with van der Waals surface area (Å²) < 4.78 is 13.1. The molecular formula is C15H19FN2O2. The lowest BCUT2D eigenvalue weighted by Gasteiger charge is -2.32. The Morgan fingerprint density at radius 1 is 1.40 bits per heavy atom. The Morgan fingerprint density at radius 3 is 2.80 bits per heavy atom. The van der Waals surface area contributed by atoms with Crippen molar-refractivity contribution in [1.29, 1.82) is 0 Å². The Bertz CT molecular complexity index is 531. The summed E-state index contributed by atoms with van der Waals surface area (Å²) in [6.45, 7) is 4.19. The molecule has 1 aromatic carbocycles. The van der Waals surface area contributed by atoms with Crippen molar-refractivity contribution in [2.45, 2.75) is 39.3 Å². The number of benzene rings is 1. The van der Waals surface area contributed by atoms with Gasteiger partial charge in [-0.2, -0.15) is 0 Å². The average molecular weight is 278 g/mol. The molecule has 5 heteroatoms. The highest BCUT2D eigenvalue weighted by Crippen LogP contribution is 2.16. The zero-order valence-electron chi connectivity index (χ0n) is 11.8. The van der Waals surface area contributed by atoms with Gasteiger partial charge in [0.15, 0.2) is 0 Å². The highest BCUT2D eigenvalue weighted by molar-refractivity contribution is 5.94. The summed E-state index contributed by atoms with van der Waals surface area (Å²) in [5, 5.41) is 2.72. The average Bonchev–Trinajstić information content (AvgIpc) is 2.38. The van der Waals surface area contributed by atoms with Gasteiger partial charge in [-0.1, -0.05) is 19.4 Å². The van der Waals surface area contributed by atoms with Gasteiger partial charge >= 0.3 is 0 Å². The van der Waals surface area contributed by atoms with Crippen molar-refractivity contribution in [3.05, 3.63) is 35.1 Å². The Morgan fingerprint density at radius 2 is 2.15 bits per heavy atom. The smallest absolute Gasteiger partial charge is 0.245 e. The Labute approximate surface area is 118 Å². The topological polar surface area (TPSA) is 49.4 Å². The maximum atomic E-state index is 13.1. The zero-order chi connectivity index (χ0) is 14.7. The largest absolute Gasteiger partial charge is 0.343 e. The minimum Gasteiger partial charge on any atom is -0.343 e. The molecule has 1 aromatic rings. The highest BCUT2D eigenvalue weighted by Gasteiger charge is 2.31. The number of aryl methyl sites for hydroxylation is 1. The first-order valence-corrected chi connectivity index (χ1v) is 6.84.